The van der Waals surface area contributed by atoms with Crippen LogP contribution in [0, 0.1) is 0 Å². The zero-order valence-corrected chi connectivity index (χ0v) is 12.8. The maximum atomic E-state index is 12.1. The molecule has 0 aliphatic heterocycles. The molecule has 0 bridgehead atoms. The molecule has 0 atom stereocenters. The molecule has 114 valence electrons. The van der Waals surface area contributed by atoms with Crippen molar-refractivity contribution in [3.05, 3.63) is 54.0 Å². The van der Waals surface area contributed by atoms with E-state index in [-0.39, 0.29) is 11.4 Å². The van der Waals surface area contributed by atoms with Crippen LogP contribution >= 0.6 is 0 Å². The van der Waals surface area contributed by atoms with Crippen LogP contribution in [0.15, 0.2) is 52.2 Å². The Bertz CT molecular complexity index is 634. The number of sulfonamides is 1. The molecule has 1 heterocycles. The third kappa shape index (κ3) is 4.70. The van der Waals surface area contributed by atoms with E-state index in [1.165, 1.54) is 12.5 Å². The lowest BCUT2D eigenvalue weighted by molar-refractivity contribution is 0.561. The summed E-state index contributed by atoms with van der Waals surface area (Å²) in [6.07, 6.45) is 3.92. The topological polar surface area (TPSA) is 71.3 Å². The summed E-state index contributed by atoms with van der Waals surface area (Å²) in [4.78, 5) is 0.276. The van der Waals surface area contributed by atoms with Crippen molar-refractivity contribution in [1.82, 2.24) is 10.0 Å². The quantitative estimate of drug-likeness (QED) is 0.731. The van der Waals surface area contributed by atoms with Gasteiger partial charge in [0, 0.05) is 12.1 Å². The standard InChI is InChI=1S/C15H20N2O3S/c1-2-16-9-7-13-3-5-15(6-4-13)21(18,19)17-11-14-8-10-20-12-14/h3-6,8,10,12,16-17H,2,7,9,11H2,1H3. The van der Waals surface area contributed by atoms with Crippen LogP contribution < -0.4 is 10.0 Å². The molecule has 0 unspecified atom stereocenters. The number of hydrogen-bond donors (Lipinski definition) is 2. The Morgan fingerprint density at radius 2 is 1.86 bits per heavy atom. The molecular weight excluding hydrogens is 288 g/mol. The molecule has 1 aromatic heterocycles. The van der Waals surface area contributed by atoms with E-state index >= 15 is 0 Å². The van der Waals surface area contributed by atoms with Crippen molar-refractivity contribution in [2.45, 2.75) is 24.8 Å². The van der Waals surface area contributed by atoms with Gasteiger partial charge in [0.25, 0.3) is 0 Å². The van der Waals surface area contributed by atoms with E-state index in [4.69, 9.17) is 4.42 Å². The first-order valence-electron chi connectivity index (χ1n) is 6.92. The zero-order chi connectivity index (χ0) is 15.1. The van der Waals surface area contributed by atoms with Gasteiger partial charge in [0.15, 0.2) is 0 Å². The Balaban J connectivity index is 1.96. The normalized spacial score (nSPS) is 11.7. The maximum absolute atomic E-state index is 12.1. The minimum Gasteiger partial charge on any atom is -0.472 e. The van der Waals surface area contributed by atoms with E-state index in [0.717, 1.165) is 30.6 Å². The zero-order valence-electron chi connectivity index (χ0n) is 12.0. The molecule has 0 amide bonds. The maximum Gasteiger partial charge on any atom is 0.240 e. The first-order chi connectivity index (χ1) is 10.1. The van der Waals surface area contributed by atoms with Gasteiger partial charge < -0.3 is 9.73 Å². The largest absolute Gasteiger partial charge is 0.472 e. The predicted molar refractivity (Wildman–Crippen MR) is 81.4 cm³/mol. The predicted octanol–water partition coefficient (Wildman–Crippen LogP) is 1.91. The fourth-order valence-electron chi connectivity index (χ4n) is 1.90. The van der Waals surface area contributed by atoms with Gasteiger partial charge in [0.2, 0.25) is 10.0 Å². The number of hydrogen-bond acceptors (Lipinski definition) is 4. The van der Waals surface area contributed by atoms with Crippen LogP contribution in [0.1, 0.15) is 18.1 Å². The average molecular weight is 308 g/mol. The molecule has 0 radical (unpaired) electrons. The second-order valence-corrected chi connectivity index (χ2v) is 6.47. The lowest BCUT2D eigenvalue weighted by atomic mass is 10.1. The number of furan rings is 1. The van der Waals surface area contributed by atoms with Crippen LogP contribution in [0.4, 0.5) is 0 Å². The van der Waals surface area contributed by atoms with Gasteiger partial charge >= 0.3 is 0 Å². The highest BCUT2D eigenvalue weighted by Gasteiger charge is 2.13. The molecule has 2 aromatic rings. The molecule has 2 rings (SSSR count). The monoisotopic (exact) mass is 308 g/mol. The summed E-state index contributed by atoms with van der Waals surface area (Å²) in [6, 6.07) is 8.71. The first-order valence-corrected chi connectivity index (χ1v) is 8.40. The van der Waals surface area contributed by atoms with E-state index < -0.39 is 10.0 Å². The summed E-state index contributed by atoms with van der Waals surface area (Å²) in [5.74, 6) is 0. The molecule has 0 fully saturated rings. The van der Waals surface area contributed by atoms with Crippen molar-refractivity contribution in [3.63, 3.8) is 0 Å². The molecule has 1 aromatic carbocycles. The first kappa shape index (κ1) is 15.8. The summed E-state index contributed by atoms with van der Waals surface area (Å²) in [7, 11) is -3.49. The Morgan fingerprint density at radius 1 is 1.10 bits per heavy atom. The van der Waals surface area contributed by atoms with Crippen LogP contribution in [0.5, 0.6) is 0 Å². The van der Waals surface area contributed by atoms with Gasteiger partial charge in [-0.2, -0.15) is 0 Å². The van der Waals surface area contributed by atoms with Crippen LogP contribution in [0.2, 0.25) is 0 Å². The van der Waals surface area contributed by atoms with E-state index in [2.05, 4.69) is 17.0 Å². The molecule has 6 heteroatoms. The third-order valence-corrected chi connectivity index (χ3v) is 4.54. The Morgan fingerprint density at radius 3 is 2.48 bits per heavy atom. The van der Waals surface area contributed by atoms with E-state index in [1.807, 2.05) is 12.1 Å². The smallest absolute Gasteiger partial charge is 0.240 e. The molecule has 0 saturated carbocycles. The third-order valence-electron chi connectivity index (χ3n) is 3.12. The fraction of sp³-hybridized carbons (Fsp3) is 0.333. The average Bonchev–Trinajstić information content (AvgIpc) is 3.00. The molecule has 0 spiro atoms. The Hall–Kier alpha value is -1.63. The summed E-state index contributed by atoms with van der Waals surface area (Å²) < 4.78 is 31.7. The lowest BCUT2D eigenvalue weighted by Gasteiger charge is -2.07. The van der Waals surface area contributed by atoms with Crippen molar-refractivity contribution < 1.29 is 12.8 Å². The second kappa shape index (κ2) is 7.40. The SMILES string of the molecule is CCNCCc1ccc(S(=O)(=O)NCc2ccoc2)cc1. The lowest BCUT2D eigenvalue weighted by Crippen LogP contribution is -2.23. The molecular formula is C15H20N2O3S. The van der Waals surface area contributed by atoms with Gasteiger partial charge in [0.05, 0.1) is 17.4 Å². The molecule has 0 saturated heterocycles. The summed E-state index contributed by atoms with van der Waals surface area (Å²) >= 11 is 0. The number of nitrogens with one attached hydrogen (secondary N) is 2. The summed E-state index contributed by atoms with van der Waals surface area (Å²) in [6.45, 7) is 4.11. The van der Waals surface area contributed by atoms with Crippen molar-refractivity contribution in [1.29, 1.82) is 0 Å². The van der Waals surface area contributed by atoms with Crippen LogP contribution in [-0.2, 0) is 23.0 Å². The minimum atomic E-state index is -3.49. The van der Waals surface area contributed by atoms with E-state index in [0.29, 0.717) is 0 Å². The van der Waals surface area contributed by atoms with Gasteiger partial charge in [-0.15, -0.1) is 0 Å². The molecule has 0 aliphatic carbocycles. The van der Waals surface area contributed by atoms with Gasteiger partial charge in [0.1, 0.15) is 0 Å². The van der Waals surface area contributed by atoms with Crippen molar-refractivity contribution in [2.75, 3.05) is 13.1 Å². The highest BCUT2D eigenvalue weighted by molar-refractivity contribution is 7.89. The van der Waals surface area contributed by atoms with Gasteiger partial charge in [-0.1, -0.05) is 19.1 Å². The summed E-state index contributed by atoms with van der Waals surface area (Å²) in [5, 5.41) is 3.24. The molecule has 0 aliphatic rings. The summed E-state index contributed by atoms with van der Waals surface area (Å²) in [5.41, 5.74) is 1.91. The second-order valence-electron chi connectivity index (χ2n) is 4.70. The van der Waals surface area contributed by atoms with Crippen molar-refractivity contribution in [2.24, 2.45) is 0 Å². The van der Waals surface area contributed by atoms with Gasteiger partial charge in [-0.05, 0) is 43.3 Å². The number of rotatable bonds is 8. The Labute approximate surface area is 125 Å². The Kier molecular flexibility index (Phi) is 5.55. The van der Waals surface area contributed by atoms with Crippen molar-refractivity contribution in [3.8, 4) is 0 Å². The minimum absolute atomic E-state index is 0.223. The fourth-order valence-corrected chi connectivity index (χ4v) is 2.92. The van der Waals surface area contributed by atoms with Gasteiger partial charge in [-0.25, -0.2) is 13.1 Å². The number of likely N-dealkylation sites (N-methyl/N-ethyl adjacent to an activating group) is 1. The van der Waals surface area contributed by atoms with Crippen LogP contribution in [0.25, 0.3) is 0 Å². The molecule has 5 nitrogen and oxygen atoms in total. The number of benzene rings is 1. The van der Waals surface area contributed by atoms with E-state index in [1.54, 1.807) is 18.2 Å². The molecule has 21 heavy (non-hydrogen) atoms. The van der Waals surface area contributed by atoms with Crippen molar-refractivity contribution >= 4 is 10.0 Å². The highest BCUT2D eigenvalue weighted by Crippen LogP contribution is 2.12. The highest BCUT2D eigenvalue weighted by atomic mass is 32.2. The van der Waals surface area contributed by atoms with Gasteiger partial charge in [-0.3, -0.25) is 0 Å². The van der Waals surface area contributed by atoms with Crippen LogP contribution in [-0.4, -0.2) is 21.5 Å². The van der Waals surface area contributed by atoms with E-state index in [9.17, 15) is 8.42 Å². The molecule has 2 N–H and O–H groups in total. The van der Waals surface area contributed by atoms with Crippen LogP contribution in [0.3, 0.4) is 0 Å².